The Morgan fingerprint density at radius 2 is 1.18 bits per heavy atom. The van der Waals surface area contributed by atoms with Gasteiger partial charge in [0, 0.05) is 12.2 Å². The first-order valence-electron chi connectivity index (χ1n) is 2.51. The maximum atomic E-state index is 10.4. The van der Waals surface area contributed by atoms with E-state index in [0.717, 1.165) is 0 Å². The molecule has 0 fully saturated rings. The molecule has 0 spiro atoms. The van der Waals surface area contributed by atoms with Crippen LogP contribution in [0.1, 0.15) is 0 Å². The molecule has 0 saturated carbocycles. The minimum absolute atomic E-state index is 0. The van der Waals surface area contributed by atoms with Gasteiger partial charge in [0.05, 0.1) is 0 Å². The predicted molar refractivity (Wildman–Crippen MR) is 40.0 cm³/mol. The zero-order chi connectivity index (χ0) is 7.72. The second kappa shape index (κ2) is 3.65. The fraction of sp³-hybridized carbons (Fsp3) is 0. The Balaban J connectivity index is 0.000001000. The van der Waals surface area contributed by atoms with Gasteiger partial charge in [-0.3, -0.25) is 9.59 Å². The summed E-state index contributed by atoms with van der Waals surface area (Å²) in [5, 5.41) is 17.2. The summed E-state index contributed by atoms with van der Waals surface area (Å²) < 4.78 is 0. The molecule has 0 aromatic heterocycles. The minimum atomic E-state index is -0.753. The van der Waals surface area contributed by atoms with Crippen molar-refractivity contribution in [3.63, 3.8) is 0 Å². The van der Waals surface area contributed by atoms with Crippen molar-refractivity contribution in [2.24, 2.45) is 0 Å². The van der Waals surface area contributed by atoms with E-state index < -0.39 is 23.1 Å². The SMILES string of the molecule is O=C1C=C(O)C(=O)C=C1O.[PbH2]. The molecule has 5 heteroatoms. The summed E-state index contributed by atoms with van der Waals surface area (Å²) in [5.74, 6) is -2.78. The average molecular weight is 349 g/mol. The molecule has 1 rings (SSSR count). The Labute approximate surface area is 82.4 Å². The van der Waals surface area contributed by atoms with Gasteiger partial charge < -0.3 is 10.2 Å². The molecule has 11 heavy (non-hydrogen) atoms. The van der Waals surface area contributed by atoms with Gasteiger partial charge in [0.1, 0.15) is 0 Å². The molecule has 0 saturated heterocycles. The molecule has 0 aromatic rings. The van der Waals surface area contributed by atoms with Crippen LogP contribution < -0.4 is 0 Å². The summed E-state index contributed by atoms with van der Waals surface area (Å²) in [4.78, 5) is 20.9. The molecule has 1 aliphatic rings. The van der Waals surface area contributed by atoms with Gasteiger partial charge in [0.15, 0.2) is 11.5 Å². The van der Waals surface area contributed by atoms with E-state index in [9.17, 15) is 9.59 Å². The van der Waals surface area contributed by atoms with Gasteiger partial charge in [-0.1, -0.05) is 0 Å². The summed E-state index contributed by atoms with van der Waals surface area (Å²) in [6.07, 6.45) is 1.36. The van der Waals surface area contributed by atoms with Crippen LogP contribution >= 0.6 is 0 Å². The molecule has 58 valence electrons. The fourth-order valence-electron chi connectivity index (χ4n) is 0.538. The maximum absolute atomic E-state index is 10.4. The number of allylic oxidation sites excluding steroid dienone is 2. The predicted octanol–water partition coefficient (Wildman–Crippen LogP) is -0.894. The summed E-state index contributed by atoms with van der Waals surface area (Å²) in [5.41, 5.74) is 0. The Hall–Kier alpha value is -0.658. The van der Waals surface area contributed by atoms with Crippen LogP contribution in [-0.2, 0) is 9.59 Å². The van der Waals surface area contributed by atoms with Crippen molar-refractivity contribution in [1.29, 1.82) is 0 Å². The van der Waals surface area contributed by atoms with Crippen LogP contribution in [-0.4, -0.2) is 49.1 Å². The third kappa shape index (κ3) is 2.14. The van der Waals surface area contributed by atoms with Crippen LogP contribution in [0.5, 0.6) is 0 Å². The summed E-state index contributed by atoms with van der Waals surface area (Å²) in [7, 11) is 0. The number of ketones is 2. The molecule has 0 heterocycles. The van der Waals surface area contributed by atoms with Gasteiger partial charge in [-0.25, -0.2) is 0 Å². The molecule has 0 aliphatic heterocycles. The van der Waals surface area contributed by atoms with Crippen LogP contribution in [0.2, 0.25) is 0 Å². The van der Waals surface area contributed by atoms with E-state index in [1.165, 1.54) is 0 Å². The van der Waals surface area contributed by atoms with E-state index in [1.54, 1.807) is 0 Å². The van der Waals surface area contributed by atoms with Crippen molar-refractivity contribution < 1.29 is 19.8 Å². The van der Waals surface area contributed by atoms with E-state index in [-0.39, 0.29) is 27.3 Å². The molecule has 0 amide bonds. The van der Waals surface area contributed by atoms with Crippen molar-refractivity contribution in [2.75, 3.05) is 0 Å². The molecular weight excluding hydrogens is 343 g/mol. The molecule has 0 aromatic carbocycles. The molecular formula is C6H6O4Pb. The molecule has 4 nitrogen and oxygen atoms in total. The van der Waals surface area contributed by atoms with Gasteiger partial charge in [-0.15, -0.1) is 0 Å². The van der Waals surface area contributed by atoms with Crippen molar-refractivity contribution in [3.05, 3.63) is 23.7 Å². The van der Waals surface area contributed by atoms with Gasteiger partial charge in [-0.2, -0.15) is 0 Å². The summed E-state index contributed by atoms with van der Waals surface area (Å²) in [6.45, 7) is 0. The van der Waals surface area contributed by atoms with Crippen molar-refractivity contribution >= 4 is 38.9 Å². The molecule has 0 unspecified atom stereocenters. The van der Waals surface area contributed by atoms with Gasteiger partial charge >= 0.3 is 27.3 Å². The summed E-state index contributed by atoms with van der Waals surface area (Å²) in [6, 6.07) is 0. The zero-order valence-electron chi connectivity index (χ0n) is 5.57. The molecule has 0 bridgehead atoms. The van der Waals surface area contributed by atoms with E-state index >= 15 is 0 Å². The summed E-state index contributed by atoms with van der Waals surface area (Å²) >= 11 is 0. The zero-order valence-corrected chi connectivity index (χ0v) is 11.1. The van der Waals surface area contributed by atoms with E-state index in [1.807, 2.05) is 0 Å². The number of aliphatic hydroxyl groups excluding tert-OH is 2. The normalized spacial score (nSPS) is 16.7. The Morgan fingerprint density at radius 1 is 0.909 bits per heavy atom. The van der Waals surface area contributed by atoms with Crippen molar-refractivity contribution in [2.45, 2.75) is 0 Å². The fourth-order valence-corrected chi connectivity index (χ4v) is 0.538. The Morgan fingerprint density at radius 3 is 1.45 bits per heavy atom. The monoisotopic (exact) mass is 350 g/mol. The van der Waals surface area contributed by atoms with Gasteiger partial charge in [0.2, 0.25) is 11.6 Å². The number of hydrogen-bond donors (Lipinski definition) is 2. The standard InChI is InChI=1S/C6H4O4.Pb.2H/c7-3-1-4(8)6(10)2-5(3)9;;;/h1-2,7,10H;;;. The van der Waals surface area contributed by atoms with Gasteiger partial charge in [-0.05, 0) is 0 Å². The third-order valence-electron chi connectivity index (χ3n) is 1.04. The van der Waals surface area contributed by atoms with Crippen LogP contribution in [0.3, 0.4) is 0 Å². The van der Waals surface area contributed by atoms with E-state index in [0.29, 0.717) is 12.2 Å². The number of hydrogen-bond acceptors (Lipinski definition) is 4. The third-order valence-corrected chi connectivity index (χ3v) is 1.04. The number of rotatable bonds is 0. The van der Waals surface area contributed by atoms with Crippen LogP contribution in [0.4, 0.5) is 0 Å². The van der Waals surface area contributed by atoms with E-state index in [4.69, 9.17) is 10.2 Å². The molecule has 0 atom stereocenters. The first-order chi connectivity index (χ1) is 4.61. The molecule has 1 aliphatic carbocycles. The molecule has 2 N–H and O–H groups in total. The first-order valence-corrected chi connectivity index (χ1v) is 2.51. The quantitative estimate of drug-likeness (QED) is 0.439. The van der Waals surface area contributed by atoms with E-state index in [2.05, 4.69) is 0 Å². The Kier molecular flexibility index (Phi) is 3.43. The second-order valence-electron chi connectivity index (χ2n) is 1.79. The van der Waals surface area contributed by atoms with Crippen LogP contribution in [0, 0.1) is 0 Å². The van der Waals surface area contributed by atoms with Crippen molar-refractivity contribution in [3.8, 4) is 0 Å². The Bertz CT molecular complexity index is 236. The number of carbonyl (C=O) groups is 2. The van der Waals surface area contributed by atoms with Crippen molar-refractivity contribution in [1.82, 2.24) is 0 Å². The topological polar surface area (TPSA) is 74.6 Å². The second-order valence-corrected chi connectivity index (χ2v) is 1.79. The average Bonchev–Trinajstić information content (AvgIpc) is 1.84. The first kappa shape index (κ1) is 10.3. The van der Waals surface area contributed by atoms with Gasteiger partial charge in [0.25, 0.3) is 0 Å². The van der Waals surface area contributed by atoms with Crippen LogP contribution in [0.25, 0.3) is 0 Å². The van der Waals surface area contributed by atoms with Crippen LogP contribution in [0.15, 0.2) is 23.7 Å². The molecule has 2 radical (unpaired) electrons. The number of carbonyl (C=O) groups excluding carboxylic acids is 2. The number of aliphatic hydroxyl groups is 2.